The molecule has 0 aromatic heterocycles. The molecule has 0 aliphatic heterocycles. The van der Waals surface area contributed by atoms with Gasteiger partial charge in [0.1, 0.15) is 12.1 Å². The molecule has 0 rings (SSSR count). The van der Waals surface area contributed by atoms with Crippen LogP contribution in [0.15, 0.2) is 0 Å². The van der Waals surface area contributed by atoms with Crippen LogP contribution in [0.5, 0.6) is 0 Å². The van der Waals surface area contributed by atoms with Crippen molar-refractivity contribution in [3.8, 4) is 0 Å². The highest BCUT2D eigenvalue weighted by Gasteiger charge is 2.30. The number of carbonyl (C=O) groups is 3. The van der Waals surface area contributed by atoms with Crippen LogP contribution < -0.4 is 10.6 Å². The van der Waals surface area contributed by atoms with Gasteiger partial charge in [0, 0.05) is 0 Å². The molecule has 0 unspecified atom stereocenters. The lowest BCUT2D eigenvalue weighted by Gasteiger charge is -2.25. The average Bonchev–Trinajstić information content (AvgIpc) is 2.30. The predicted molar refractivity (Wildman–Crippen MR) is 77.8 cm³/mol. The molecular weight excluding hydrogens is 276 g/mol. The molecule has 0 radical (unpaired) electrons. The summed E-state index contributed by atoms with van der Waals surface area (Å²) in [5.74, 6) is -2.11. The van der Waals surface area contributed by atoms with Crippen molar-refractivity contribution in [2.75, 3.05) is 0 Å². The number of ether oxygens (including phenoxy) is 1. The molecule has 2 amide bonds. The van der Waals surface area contributed by atoms with Gasteiger partial charge in [-0.3, -0.25) is 4.79 Å². The minimum absolute atomic E-state index is 0.202. The van der Waals surface area contributed by atoms with E-state index >= 15 is 0 Å². The summed E-state index contributed by atoms with van der Waals surface area (Å²) in [7, 11) is 0. The standard InChI is InChI=1S/C14H26N2O5/c1-7(2)10(16-14(20)21-9(5)6)12(17)15-11(8(3)4)13(18)19/h7-11H,1-6H3,(H,15,17)(H,16,20)(H,18,19)/t10-,11-/m0/s1. The first-order chi connectivity index (χ1) is 9.56. The van der Waals surface area contributed by atoms with Crippen molar-refractivity contribution in [3.63, 3.8) is 0 Å². The Kier molecular flexibility index (Phi) is 7.76. The van der Waals surface area contributed by atoms with Crippen LogP contribution in [0.4, 0.5) is 4.79 Å². The Morgan fingerprint density at radius 1 is 0.857 bits per heavy atom. The lowest BCUT2D eigenvalue weighted by atomic mass is 10.0. The molecule has 0 saturated heterocycles. The molecule has 0 aromatic rings. The summed E-state index contributed by atoms with van der Waals surface area (Å²) in [5.41, 5.74) is 0. The molecule has 3 N–H and O–H groups in total. The van der Waals surface area contributed by atoms with E-state index in [4.69, 9.17) is 9.84 Å². The van der Waals surface area contributed by atoms with E-state index in [1.807, 2.05) is 0 Å². The summed E-state index contributed by atoms with van der Waals surface area (Å²) in [5, 5.41) is 14.0. The van der Waals surface area contributed by atoms with Crippen LogP contribution in [0.1, 0.15) is 41.5 Å². The second-order valence-electron chi connectivity index (χ2n) is 5.89. The summed E-state index contributed by atoms with van der Waals surface area (Å²) in [6.45, 7) is 10.3. The normalized spacial score (nSPS) is 14.0. The van der Waals surface area contributed by atoms with Crippen molar-refractivity contribution in [2.24, 2.45) is 11.8 Å². The van der Waals surface area contributed by atoms with Crippen molar-refractivity contribution in [3.05, 3.63) is 0 Å². The molecule has 0 aliphatic rings. The van der Waals surface area contributed by atoms with E-state index in [-0.39, 0.29) is 17.9 Å². The molecule has 7 nitrogen and oxygen atoms in total. The first-order valence-electron chi connectivity index (χ1n) is 7.06. The zero-order valence-corrected chi connectivity index (χ0v) is 13.5. The minimum Gasteiger partial charge on any atom is -0.480 e. The van der Waals surface area contributed by atoms with Gasteiger partial charge in [0.2, 0.25) is 5.91 Å². The van der Waals surface area contributed by atoms with Crippen LogP contribution in [0.25, 0.3) is 0 Å². The van der Waals surface area contributed by atoms with Gasteiger partial charge in [-0.15, -0.1) is 0 Å². The monoisotopic (exact) mass is 302 g/mol. The fraction of sp³-hybridized carbons (Fsp3) is 0.786. The van der Waals surface area contributed by atoms with E-state index in [1.165, 1.54) is 0 Å². The maximum atomic E-state index is 12.2. The first-order valence-corrected chi connectivity index (χ1v) is 7.06. The second-order valence-corrected chi connectivity index (χ2v) is 5.89. The quantitative estimate of drug-likeness (QED) is 0.659. The number of hydrogen-bond donors (Lipinski definition) is 3. The maximum absolute atomic E-state index is 12.2. The third-order valence-electron chi connectivity index (χ3n) is 2.80. The van der Waals surface area contributed by atoms with E-state index in [1.54, 1.807) is 41.5 Å². The van der Waals surface area contributed by atoms with Crippen molar-refractivity contribution < 1.29 is 24.2 Å². The molecule has 0 aromatic carbocycles. The van der Waals surface area contributed by atoms with Gasteiger partial charge >= 0.3 is 12.1 Å². The molecule has 21 heavy (non-hydrogen) atoms. The van der Waals surface area contributed by atoms with Gasteiger partial charge in [-0.05, 0) is 25.7 Å². The predicted octanol–water partition coefficient (Wildman–Crippen LogP) is 1.37. The van der Waals surface area contributed by atoms with Crippen molar-refractivity contribution in [2.45, 2.75) is 59.7 Å². The minimum atomic E-state index is -1.11. The average molecular weight is 302 g/mol. The zero-order chi connectivity index (χ0) is 16.7. The fourth-order valence-electron chi connectivity index (χ4n) is 1.67. The van der Waals surface area contributed by atoms with E-state index < -0.39 is 30.1 Å². The molecule has 0 bridgehead atoms. The number of carboxylic acids is 1. The lowest BCUT2D eigenvalue weighted by Crippen LogP contribution is -2.55. The molecule has 2 atom stereocenters. The zero-order valence-electron chi connectivity index (χ0n) is 13.5. The summed E-state index contributed by atoms with van der Waals surface area (Å²) >= 11 is 0. The molecule has 0 spiro atoms. The molecule has 0 aliphatic carbocycles. The van der Waals surface area contributed by atoms with Crippen LogP contribution in [-0.2, 0) is 14.3 Å². The second kappa shape index (κ2) is 8.49. The lowest BCUT2D eigenvalue weighted by molar-refractivity contribution is -0.143. The SMILES string of the molecule is CC(C)OC(=O)N[C@H](C(=O)N[C@H](C(=O)O)C(C)C)C(C)C. The summed E-state index contributed by atoms with van der Waals surface area (Å²) < 4.78 is 4.93. The van der Waals surface area contributed by atoms with Gasteiger partial charge < -0.3 is 20.5 Å². The molecule has 7 heteroatoms. The number of amides is 2. The van der Waals surface area contributed by atoms with E-state index in [0.717, 1.165) is 0 Å². The smallest absolute Gasteiger partial charge is 0.408 e. The number of carboxylic acid groups (broad SMARTS) is 1. The van der Waals surface area contributed by atoms with Crippen LogP contribution in [0, 0.1) is 11.8 Å². The van der Waals surface area contributed by atoms with Gasteiger partial charge in [-0.1, -0.05) is 27.7 Å². The van der Waals surface area contributed by atoms with E-state index in [9.17, 15) is 14.4 Å². The molecule has 0 fully saturated rings. The molecular formula is C14H26N2O5. The highest BCUT2D eigenvalue weighted by molar-refractivity contribution is 5.89. The Bertz CT molecular complexity index is 380. The largest absolute Gasteiger partial charge is 0.480 e. The number of rotatable bonds is 7. The number of nitrogens with one attached hydrogen (secondary N) is 2. The van der Waals surface area contributed by atoms with Crippen molar-refractivity contribution >= 4 is 18.0 Å². The Balaban J connectivity index is 4.84. The van der Waals surface area contributed by atoms with Crippen LogP contribution in [-0.4, -0.2) is 41.3 Å². The number of alkyl carbamates (subject to hydrolysis) is 1. The number of aliphatic carboxylic acids is 1. The third-order valence-corrected chi connectivity index (χ3v) is 2.80. The van der Waals surface area contributed by atoms with Crippen LogP contribution >= 0.6 is 0 Å². The Morgan fingerprint density at radius 3 is 1.67 bits per heavy atom. The number of hydrogen-bond acceptors (Lipinski definition) is 4. The molecule has 122 valence electrons. The van der Waals surface area contributed by atoms with E-state index in [2.05, 4.69) is 10.6 Å². The van der Waals surface area contributed by atoms with Crippen molar-refractivity contribution in [1.29, 1.82) is 0 Å². The van der Waals surface area contributed by atoms with Gasteiger partial charge in [0.15, 0.2) is 0 Å². The van der Waals surface area contributed by atoms with Crippen LogP contribution in [0.2, 0.25) is 0 Å². The third kappa shape index (κ3) is 6.97. The van der Waals surface area contributed by atoms with Gasteiger partial charge in [0.05, 0.1) is 6.10 Å². The van der Waals surface area contributed by atoms with Crippen molar-refractivity contribution in [1.82, 2.24) is 10.6 Å². The van der Waals surface area contributed by atoms with E-state index in [0.29, 0.717) is 0 Å². The molecule has 0 heterocycles. The Hall–Kier alpha value is -1.79. The van der Waals surface area contributed by atoms with Gasteiger partial charge in [0.25, 0.3) is 0 Å². The summed E-state index contributed by atoms with van der Waals surface area (Å²) in [6.07, 6.45) is -1.00. The van der Waals surface area contributed by atoms with Crippen LogP contribution in [0.3, 0.4) is 0 Å². The highest BCUT2D eigenvalue weighted by atomic mass is 16.6. The summed E-state index contributed by atoms with van der Waals surface area (Å²) in [4.78, 5) is 34.9. The maximum Gasteiger partial charge on any atom is 0.408 e. The number of carbonyl (C=O) groups excluding carboxylic acids is 2. The summed E-state index contributed by atoms with van der Waals surface area (Å²) in [6, 6.07) is -1.85. The molecule has 0 saturated carbocycles. The fourth-order valence-corrected chi connectivity index (χ4v) is 1.67. The Labute approximate surface area is 125 Å². The highest BCUT2D eigenvalue weighted by Crippen LogP contribution is 2.07. The van der Waals surface area contributed by atoms with Gasteiger partial charge in [-0.2, -0.15) is 0 Å². The Morgan fingerprint density at radius 2 is 1.33 bits per heavy atom. The topological polar surface area (TPSA) is 105 Å². The first kappa shape index (κ1) is 19.2. The van der Waals surface area contributed by atoms with Gasteiger partial charge in [-0.25, -0.2) is 9.59 Å².